The van der Waals surface area contributed by atoms with E-state index in [9.17, 15) is 4.79 Å². The van der Waals surface area contributed by atoms with Gasteiger partial charge in [0.1, 0.15) is 11.5 Å². The summed E-state index contributed by atoms with van der Waals surface area (Å²) in [4.78, 5) is 10.7. The fourth-order valence-corrected chi connectivity index (χ4v) is 1.63. The van der Waals surface area contributed by atoms with Gasteiger partial charge in [-0.05, 0) is 42.0 Å². The predicted octanol–water partition coefficient (Wildman–Crippen LogP) is 3.92. The number of carbonyl (C=O) groups is 1. The molecule has 0 aliphatic rings. The Bertz CT molecular complexity index is 532. The molecule has 0 fully saturated rings. The molecule has 2 aromatic rings. The number of halogens is 1. The second-order valence-corrected chi connectivity index (χ2v) is 3.98. The summed E-state index contributed by atoms with van der Waals surface area (Å²) in [5.41, 5.74) is 1.25. The molecule has 2 aromatic carbocycles. The molecule has 2 rings (SSSR count). The third-order valence-electron chi connectivity index (χ3n) is 2.41. The average molecular weight is 263 g/mol. The van der Waals surface area contributed by atoms with Crippen molar-refractivity contribution in [2.24, 2.45) is 0 Å². The van der Waals surface area contributed by atoms with Gasteiger partial charge in [0.05, 0.1) is 5.56 Å². The summed E-state index contributed by atoms with van der Waals surface area (Å²) in [7, 11) is 0. The molecule has 1 N–H and O–H groups in total. The van der Waals surface area contributed by atoms with Gasteiger partial charge in [-0.3, -0.25) is 0 Å². The van der Waals surface area contributed by atoms with Crippen molar-refractivity contribution in [2.75, 3.05) is 0 Å². The van der Waals surface area contributed by atoms with E-state index in [-0.39, 0.29) is 5.56 Å². The highest BCUT2D eigenvalue weighted by Gasteiger charge is 2.03. The summed E-state index contributed by atoms with van der Waals surface area (Å²) in [6, 6.07) is 13.7. The molecule has 3 nitrogen and oxygen atoms in total. The summed E-state index contributed by atoms with van der Waals surface area (Å²) in [5, 5.41) is 8.77. The number of benzene rings is 2. The Morgan fingerprint density at radius 2 is 1.50 bits per heavy atom. The molecule has 0 unspecified atom stereocenters. The average Bonchev–Trinajstić information content (AvgIpc) is 2.40. The first-order chi connectivity index (χ1) is 8.69. The quantitative estimate of drug-likeness (QED) is 0.850. The van der Waals surface area contributed by atoms with Gasteiger partial charge in [-0.2, -0.15) is 0 Å². The van der Waals surface area contributed by atoms with E-state index in [2.05, 4.69) is 0 Å². The molecule has 0 aliphatic carbocycles. The van der Waals surface area contributed by atoms with E-state index in [0.717, 1.165) is 5.56 Å². The molecule has 0 saturated heterocycles. The maximum absolute atomic E-state index is 10.7. The number of ether oxygens (including phenoxy) is 1. The van der Waals surface area contributed by atoms with Crippen molar-refractivity contribution in [1.29, 1.82) is 0 Å². The normalized spacial score (nSPS) is 10.1. The van der Waals surface area contributed by atoms with Gasteiger partial charge in [0.15, 0.2) is 0 Å². The molecule has 0 aliphatic heterocycles. The van der Waals surface area contributed by atoms with Crippen LogP contribution in [0.4, 0.5) is 0 Å². The van der Waals surface area contributed by atoms with Gasteiger partial charge < -0.3 is 9.84 Å². The highest BCUT2D eigenvalue weighted by Crippen LogP contribution is 2.22. The monoisotopic (exact) mass is 262 g/mol. The van der Waals surface area contributed by atoms with Gasteiger partial charge >= 0.3 is 5.97 Å². The van der Waals surface area contributed by atoms with Crippen LogP contribution in [0.25, 0.3) is 0 Å². The first kappa shape index (κ1) is 12.5. The van der Waals surface area contributed by atoms with Gasteiger partial charge in [0, 0.05) is 5.88 Å². The highest BCUT2D eigenvalue weighted by atomic mass is 35.5. The minimum Gasteiger partial charge on any atom is -0.478 e. The van der Waals surface area contributed by atoms with Crippen molar-refractivity contribution in [3.05, 3.63) is 59.7 Å². The number of aromatic carboxylic acids is 1. The zero-order valence-corrected chi connectivity index (χ0v) is 10.2. The Balaban J connectivity index is 2.10. The van der Waals surface area contributed by atoms with Crippen LogP contribution >= 0.6 is 11.6 Å². The van der Waals surface area contributed by atoms with Crippen molar-refractivity contribution in [3.63, 3.8) is 0 Å². The lowest BCUT2D eigenvalue weighted by atomic mass is 10.2. The van der Waals surface area contributed by atoms with Crippen molar-refractivity contribution < 1.29 is 14.6 Å². The van der Waals surface area contributed by atoms with Crippen LogP contribution in [0.2, 0.25) is 0 Å². The van der Waals surface area contributed by atoms with Crippen LogP contribution in [0, 0.1) is 0 Å². The number of rotatable bonds is 4. The first-order valence-corrected chi connectivity index (χ1v) is 5.88. The Labute approximate surface area is 110 Å². The Morgan fingerprint density at radius 3 is 1.94 bits per heavy atom. The largest absolute Gasteiger partial charge is 0.478 e. The van der Waals surface area contributed by atoms with E-state index in [0.29, 0.717) is 17.4 Å². The summed E-state index contributed by atoms with van der Waals surface area (Å²) in [5.74, 6) is 0.798. The molecule has 0 radical (unpaired) electrons. The van der Waals surface area contributed by atoms with E-state index >= 15 is 0 Å². The zero-order valence-electron chi connectivity index (χ0n) is 9.47. The molecule has 0 heterocycles. The summed E-state index contributed by atoms with van der Waals surface area (Å²) < 4.78 is 5.58. The zero-order chi connectivity index (χ0) is 13.0. The van der Waals surface area contributed by atoms with Crippen LogP contribution in [0.1, 0.15) is 15.9 Å². The second kappa shape index (κ2) is 5.56. The molecule has 18 heavy (non-hydrogen) atoms. The van der Waals surface area contributed by atoms with E-state index in [1.807, 2.05) is 24.3 Å². The topological polar surface area (TPSA) is 46.5 Å². The Kier molecular flexibility index (Phi) is 3.85. The predicted molar refractivity (Wildman–Crippen MR) is 69.5 cm³/mol. The van der Waals surface area contributed by atoms with Crippen LogP contribution in [-0.2, 0) is 5.88 Å². The van der Waals surface area contributed by atoms with Crippen LogP contribution < -0.4 is 4.74 Å². The SMILES string of the molecule is O=C(O)c1ccc(Oc2ccc(CCl)cc2)cc1. The van der Waals surface area contributed by atoms with Gasteiger partial charge in [0.2, 0.25) is 0 Å². The minimum atomic E-state index is -0.951. The van der Waals surface area contributed by atoms with E-state index in [4.69, 9.17) is 21.4 Å². The second-order valence-electron chi connectivity index (χ2n) is 3.71. The van der Waals surface area contributed by atoms with E-state index < -0.39 is 5.97 Å². The lowest BCUT2D eigenvalue weighted by Crippen LogP contribution is -1.95. The number of carboxylic acids is 1. The van der Waals surface area contributed by atoms with Crippen LogP contribution in [0.3, 0.4) is 0 Å². The summed E-state index contributed by atoms with van der Waals surface area (Å²) in [6.45, 7) is 0. The third-order valence-corrected chi connectivity index (χ3v) is 2.72. The van der Waals surface area contributed by atoms with Gasteiger partial charge in [0.25, 0.3) is 0 Å². The van der Waals surface area contributed by atoms with Gasteiger partial charge in [-0.15, -0.1) is 11.6 Å². The minimum absolute atomic E-state index is 0.236. The summed E-state index contributed by atoms with van der Waals surface area (Å²) >= 11 is 5.69. The lowest BCUT2D eigenvalue weighted by Gasteiger charge is -2.06. The fraction of sp³-hybridized carbons (Fsp3) is 0.0714. The Hall–Kier alpha value is -2.00. The van der Waals surface area contributed by atoms with Gasteiger partial charge in [-0.25, -0.2) is 4.79 Å². The molecular formula is C14H11ClO3. The van der Waals surface area contributed by atoms with Crippen molar-refractivity contribution >= 4 is 17.6 Å². The van der Waals surface area contributed by atoms with Crippen LogP contribution in [0.5, 0.6) is 11.5 Å². The Morgan fingerprint density at radius 1 is 1.00 bits per heavy atom. The standard InChI is InChI=1S/C14H11ClO3/c15-9-10-1-5-12(6-2-10)18-13-7-3-11(4-8-13)14(16)17/h1-8H,9H2,(H,16,17). The first-order valence-electron chi connectivity index (χ1n) is 5.35. The molecular weight excluding hydrogens is 252 g/mol. The lowest BCUT2D eigenvalue weighted by molar-refractivity contribution is 0.0697. The van der Waals surface area contributed by atoms with Crippen LogP contribution in [-0.4, -0.2) is 11.1 Å². The molecule has 0 spiro atoms. The van der Waals surface area contributed by atoms with Crippen molar-refractivity contribution in [1.82, 2.24) is 0 Å². The molecule has 0 atom stereocenters. The molecule has 0 amide bonds. The van der Waals surface area contributed by atoms with Crippen molar-refractivity contribution in [2.45, 2.75) is 5.88 Å². The number of hydrogen-bond donors (Lipinski definition) is 1. The molecule has 0 bridgehead atoms. The third kappa shape index (κ3) is 3.02. The van der Waals surface area contributed by atoms with Crippen molar-refractivity contribution in [3.8, 4) is 11.5 Å². The smallest absolute Gasteiger partial charge is 0.335 e. The fourth-order valence-electron chi connectivity index (χ4n) is 1.45. The maximum Gasteiger partial charge on any atom is 0.335 e. The molecule has 92 valence electrons. The number of alkyl halides is 1. The van der Waals surface area contributed by atoms with Gasteiger partial charge in [-0.1, -0.05) is 12.1 Å². The molecule has 4 heteroatoms. The van der Waals surface area contributed by atoms with E-state index in [1.165, 1.54) is 12.1 Å². The number of carboxylic acid groups (broad SMARTS) is 1. The van der Waals surface area contributed by atoms with Crippen LogP contribution in [0.15, 0.2) is 48.5 Å². The highest BCUT2D eigenvalue weighted by molar-refractivity contribution is 6.17. The molecule has 0 saturated carbocycles. The number of hydrogen-bond acceptors (Lipinski definition) is 2. The van der Waals surface area contributed by atoms with E-state index in [1.54, 1.807) is 12.1 Å². The summed E-state index contributed by atoms with van der Waals surface area (Å²) in [6.07, 6.45) is 0. The molecule has 0 aromatic heterocycles. The maximum atomic E-state index is 10.7.